The maximum Gasteiger partial charge on any atom is 0.271 e. The summed E-state index contributed by atoms with van der Waals surface area (Å²) in [4.78, 5) is 56.3. The number of aromatic nitrogens is 1. The first-order valence-electron chi connectivity index (χ1n) is 12.1. The monoisotopic (exact) mass is 466 g/mol. The van der Waals surface area contributed by atoms with Crippen molar-refractivity contribution < 1.29 is 24.3 Å². The van der Waals surface area contributed by atoms with Crippen LogP contribution in [-0.4, -0.2) is 70.3 Å². The first kappa shape index (κ1) is 22.6. The van der Waals surface area contributed by atoms with Gasteiger partial charge in [0.25, 0.3) is 5.91 Å². The van der Waals surface area contributed by atoms with Crippen LogP contribution in [0.1, 0.15) is 42.6 Å². The number of nitrogens with zero attached hydrogens (tertiary/aromatic N) is 1. The molecule has 0 bridgehead atoms. The lowest BCUT2D eigenvalue weighted by atomic mass is 9.92. The fraction of sp³-hybridized carbons (Fsp3) is 0.520. The lowest BCUT2D eigenvalue weighted by molar-refractivity contribution is -0.133. The molecule has 180 valence electrons. The number of hydrogen-bond donors (Lipinski definition) is 4. The van der Waals surface area contributed by atoms with E-state index in [2.05, 4.69) is 15.6 Å². The number of para-hydroxylation sites is 1. The second-order valence-corrected chi connectivity index (χ2v) is 9.73. The fourth-order valence-corrected chi connectivity index (χ4v) is 5.99. The van der Waals surface area contributed by atoms with Crippen molar-refractivity contribution in [3.8, 4) is 0 Å². The average Bonchev–Trinajstić information content (AvgIpc) is 3.61. The average molecular weight is 467 g/mol. The summed E-state index contributed by atoms with van der Waals surface area (Å²) in [5, 5.41) is 15.9. The van der Waals surface area contributed by atoms with Crippen molar-refractivity contribution in [2.75, 3.05) is 19.7 Å². The number of carbonyl (C=O) groups is 4. The van der Waals surface area contributed by atoms with E-state index < -0.39 is 24.5 Å². The molecular weight excluding hydrogens is 436 g/mol. The number of aliphatic hydroxyl groups is 1. The Kier molecular flexibility index (Phi) is 6.12. The quantitative estimate of drug-likeness (QED) is 0.483. The number of aromatic amines is 1. The van der Waals surface area contributed by atoms with Crippen molar-refractivity contribution >= 4 is 34.4 Å². The molecule has 34 heavy (non-hydrogen) atoms. The Morgan fingerprint density at radius 3 is 2.74 bits per heavy atom. The molecule has 3 aliphatic rings. The zero-order valence-electron chi connectivity index (χ0n) is 19.0. The van der Waals surface area contributed by atoms with Gasteiger partial charge < -0.3 is 25.6 Å². The number of hydrogen-bond acceptors (Lipinski definition) is 5. The number of aliphatic hydroxyl groups excluding tert-OH is 1. The van der Waals surface area contributed by atoms with Gasteiger partial charge in [-0.2, -0.15) is 0 Å². The first-order chi connectivity index (χ1) is 16.5. The molecule has 5 rings (SSSR count). The molecule has 1 saturated carbocycles. The largest absolute Gasteiger partial charge is 0.389 e. The molecule has 1 aromatic carbocycles. The van der Waals surface area contributed by atoms with Crippen molar-refractivity contribution in [3.05, 3.63) is 36.0 Å². The zero-order chi connectivity index (χ0) is 23.8. The number of nitrogens with one attached hydrogen (secondary N) is 3. The van der Waals surface area contributed by atoms with Gasteiger partial charge in [0.2, 0.25) is 11.8 Å². The third-order valence-electron chi connectivity index (χ3n) is 7.72. The molecule has 9 heteroatoms. The summed E-state index contributed by atoms with van der Waals surface area (Å²) in [6.45, 7) is 0.324. The second-order valence-electron chi connectivity index (χ2n) is 9.73. The summed E-state index contributed by atoms with van der Waals surface area (Å²) in [6, 6.07) is 7.79. The lowest BCUT2D eigenvalue weighted by Crippen LogP contribution is -2.53. The summed E-state index contributed by atoms with van der Waals surface area (Å²) in [6.07, 6.45) is 3.56. The predicted molar refractivity (Wildman–Crippen MR) is 124 cm³/mol. The van der Waals surface area contributed by atoms with E-state index in [0.29, 0.717) is 25.2 Å². The van der Waals surface area contributed by atoms with Crippen LogP contribution in [0.2, 0.25) is 0 Å². The minimum atomic E-state index is -0.961. The number of carbonyl (C=O) groups excluding carboxylic acids is 4. The van der Waals surface area contributed by atoms with Crippen LogP contribution in [0.5, 0.6) is 0 Å². The molecule has 1 aliphatic carbocycles. The highest BCUT2D eigenvalue weighted by Gasteiger charge is 2.50. The van der Waals surface area contributed by atoms with Crippen molar-refractivity contribution in [2.24, 2.45) is 17.8 Å². The third-order valence-corrected chi connectivity index (χ3v) is 7.72. The zero-order valence-corrected chi connectivity index (χ0v) is 19.0. The number of benzene rings is 1. The molecule has 2 aliphatic heterocycles. The van der Waals surface area contributed by atoms with E-state index in [1.807, 2.05) is 24.3 Å². The molecule has 9 nitrogen and oxygen atoms in total. The SMILES string of the molecule is O=C1NCC[C@@H]1C[C@H](NC(=O)[C@H]1[C@H]2CCC[C@H]2CN1C(=O)c1cc2ccccc2[nH]1)C(=O)CO. The summed E-state index contributed by atoms with van der Waals surface area (Å²) in [5.41, 5.74) is 1.29. The summed E-state index contributed by atoms with van der Waals surface area (Å²) in [5.74, 6) is -1.38. The Balaban J connectivity index is 1.38. The number of likely N-dealkylation sites (tertiary alicyclic amines) is 1. The van der Waals surface area contributed by atoms with E-state index in [9.17, 15) is 24.3 Å². The number of Topliss-reactive ketones (excluding diaryl/α,β-unsaturated/α-hetero) is 1. The van der Waals surface area contributed by atoms with Gasteiger partial charge in [0.05, 0.1) is 6.04 Å². The van der Waals surface area contributed by atoms with Gasteiger partial charge in [0.1, 0.15) is 18.3 Å². The van der Waals surface area contributed by atoms with E-state index >= 15 is 0 Å². The third kappa shape index (κ3) is 4.09. The van der Waals surface area contributed by atoms with Crippen molar-refractivity contribution in [3.63, 3.8) is 0 Å². The molecule has 3 amide bonds. The van der Waals surface area contributed by atoms with Crippen LogP contribution in [0.3, 0.4) is 0 Å². The summed E-state index contributed by atoms with van der Waals surface area (Å²) >= 11 is 0. The van der Waals surface area contributed by atoms with Crippen LogP contribution >= 0.6 is 0 Å². The molecular formula is C25H30N4O5. The van der Waals surface area contributed by atoms with Crippen LogP contribution < -0.4 is 10.6 Å². The molecule has 0 radical (unpaired) electrons. The molecule has 5 atom stereocenters. The van der Waals surface area contributed by atoms with Gasteiger partial charge in [0.15, 0.2) is 5.78 Å². The van der Waals surface area contributed by atoms with Gasteiger partial charge in [-0.15, -0.1) is 0 Å². The van der Waals surface area contributed by atoms with Gasteiger partial charge >= 0.3 is 0 Å². The molecule has 2 aromatic rings. The van der Waals surface area contributed by atoms with E-state index in [1.54, 1.807) is 11.0 Å². The van der Waals surface area contributed by atoms with Crippen LogP contribution in [0.4, 0.5) is 0 Å². The van der Waals surface area contributed by atoms with Crippen LogP contribution in [0.15, 0.2) is 30.3 Å². The van der Waals surface area contributed by atoms with E-state index in [0.717, 1.165) is 30.2 Å². The fourth-order valence-electron chi connectivity index (χ4n) is 5.99. The second kappa shape index (κ2) is 9.21. The molecule has 0 unspecified atom stereocenters. The van der Waals surface area contributed by atoms with E-state index in [4.69, 9.17) is 0 Å². The van der Waals surface area contributed by atoms with E-state index in [-0.39, 0.29) is 41.9 Å². The lowest BCUT2D eigenvalue weighted by Gasteiger charge is -2.29. The number of fused-ring (bicyclic) bond motifs is 2. The molecule has 0 spiro atoms. The number of H-pyrrole nitrogens is 1. The molecule has 1 aromatic heterocycles. The van der Waals surface area contributed by atoms with Gasteiger partial charge in [-0.3, -0.25) is 19.2 Å². The predicted octanol–water partition coefficient (Wildman–Crippen LogP) is 0.981. The van der Waals surface area contributed by atoms with Crippen LogP contribution in [0, 0.1) is 17.8 Å². The van der Waals surface area contributed by atoms with Gasteiger partial charge in [-0.1, -0.05) is 24.6 Å². The number of ketones is 1. The van der Waals surface area contributed by atoms with Gasteiger partial charge in [-0.05, 0) is 49.7 Å². The van der Waals surface area contributed by atoms with E-state index in [1.165, 1.54) is 0 Å². The van der Waals surface area contributed by atoms with Crippen molar-refractivity contribution in [1.82, 2.24) is 20.5 Å². The molecule has 3 fully saturated rings. The van der Waals surface area contributed by atoms with Gasteiger partial charge in [0, 0.05) is 29.9 Å². The maximum absolute atomic E-state index is 13.5. The Morgan fingerprint density at radius 1 is 1.18 bits per heavy atom. The Labute approximate surface area is 197 Å². The highest BCUT2D eigenvalue weighted by atomic mass is 16.3. The number of amides is 3. The van der Waals surface area contributed by atoms with Crippen LogP contribution in [0.25, 0.3) is 10.9 Å². The van der Waals surface area contributed by atoms with Crippen LogP contribution in [-0.2, 0) is 14.4 Å². The smallest absolute Gasteiger partial charge is 0.271 e. The molecule has 3 heterocycles. The Hall–Kier alpha value is -3.20. The summed E-state index contributed by atoms with van der Waals surface area (Å²) in [7, 11) is 0. The Bertz CT molecular complexity index is 1090. The molecule has 2 saturated heterocycles. The maximum atomic E-state index is 13.5. The van der Waals surface area contributed by atoms with Crippen molar-refractivity contribution in [1.29, 1.82) is 0 Å². The number of rotatable bonds is 7. The standard InChI is InChI=1S/C25H30N4O5/c30-13-21(31)19(11-15-8-9-26-23(15)32)28-24(33)22-17-6-3-5-16(17)12-29(22)25(34)20-10-14-4-1-2-7-18(14)27-20/h1-2,4,7,10,15-17,19,22,27,30H,3,5-6,8-9,11-13H2,(H,26,32)(H,28,33)/t15-,16+,17+,19+,22-/m1/s1. The minimum Gasteiger partial charge on any atom is -0.389 e. The highest BCUT2D eigenvalue weighted by molar-refractivity contribution is 6.01. The normalized spacial score (nSPS) is 27.0. The topological polar surface area (TPSA) is 132 Å². The van der Waals surface area contributed by atoms with Gasteiger partial charge in [-0.25, -0.2) is 0 Å². The Morgan fingerprint density at radius 2 is 2.00 bits per heavy atom. The molecule has 4 N–H and O–H groups in total. The summed E-state index contributed by atoms with van der Waals surface area (Å²) < 4.78 is 0. The highest BCUT2D eigenvalue weighted by Crippen LogP contribution is 2.43. The first-order valence-corrected chi connectivity index (χ1v) is 12.1. The minimum absolute atomic E-state index is 0.0352. The van der Waals surface area contributed by atoms with Crippen molar-refractivity contribution in [2.45, 2.75) is 44.2 Å².